The summed E-state index contributed by atoms with van der Waals surface area (Å²) in [6.45, 7) is 0. The molecule has 1 aliphatic heterocycles. The molecule has 2 spiro atoms. The molecule has 86 valence electrons. The molecule has 3 nitrogen and oxygen atoms in total. The number of rotatable bonds is 0. The highest BCUT2D eigenvalue weighted by atomic mass is 17.2. The van der Waals surface area contributed by atoms with Crippen LogP contribution in [-0.4, -0.2) is 11.4 Å². The third-order valence-corrected chi connectivity index (χ3v) is 4.14. The van der Waals surface area contributed by atoms with E-state index in [9.17, 15) is 0 Å². The highest BCUT2D eigenvalue weighted by molar-refractivity contribution is 4.93. The SMILES string of the molecule is C1CCC2(CC1)NC1(CCCCC1)OO2. The average Bonchev–Trinajstić information content (AvgIpc) is 2.60. The van der Waals surface area contributed by atoms with Crippen LogP contribution in [0.15, 0.2) is 0 Å². The summed E-state index contributed by atoms with van der Waals surface area (Å²) in [5.74, 6) is 0. The Morgan fingerprint density at radius 2 is 1.00 bits per heavy atom. The van der Waals surface area contributed by atoms with Gasteiger partial charge in [-0.3, -0.25) is 5.32 Å². The predicted octanol–water partition coefficient (Wildman–Crippen LogP) is 2.86. The Morgan fingerprint density at radius 1 is 0.600 bits per heavy atom. The molecule has 3 aliphatic rings. The zero-order chi connectivity index (χ0) is 10.2. The highest BCUT2D eigenvalue weighted by Gasteiger charge is 2.51. The first-order valence-electron chi connectivity index (χ1n) is 6.49. The van der Waals surface area contributed by atoms with E-state index in [2.05, 4.69) is 5.32 Å². The van der Waals surface area contributed by atoms with Crippen molar-refractivity contribution in [2.75, 3.05) is 0 Å². The van der Waals surface area contributed by atoms with Crippen LogP contribution in [0.5, 0.6) is 0 Å². The van der Waals surface area contributed by atoms with Crippen LogP contribution in [0.3, 0.4) is 0 Å². The molecule has 15 heavy (non-hydrogen) atoms. The molecule has 2 aliphatic carbocycles. The first-order valence-corrected chi connectivity index (χ1v) is 6.49. The Labute approximate surface area is 91.4 Å². The highest BCUT2D eigenvalue weighted by Crippen LogP contribution is 2.42. The topological polar surface area (TPSA) is 30.5 Å². The molecule has 2 saturated carbocycles. The first kappa shape index (κ1) is 10.1. The Hall–Kier alpha value is -0.120. The molecule has 0 amide bonds. The lowest BCUT2D eigenvalue weighted by Crippen LogP contribution is -2.52. The minimum atomic E-state index is -0.129. The zero-order valence-electron chi connectivity index (χ0n) is 9.39. The molecule has 0 aromatic heterocycles. The van der Waals surface area contributed by atoms with Gasteiger partial charge in [-0.1, -0.05) is 12.8 Å². The van der Waals surface area contributed by atoms with Crippen LogP contribution in [0.1, 0.15) is 64.2 Å². The standard InChI is InChI=1S/C12H21NO2/c1-3-7-11(8-4-1)13-12(15-14-11)9-5-2-6-10-12/h13H,1-10H2. The molecular weight excluding hydrogens is 190 g/mol. The molecule has 1 N–H and O–H groups in total. The molecule has 0 atom stereocenters. The van der Waals surface area contributed by atoms with Gasteiger partial charge < -0.3 is 0 Å². The molecule has 0 aromatic carbocycles. The van der Waals surface area contributed by atoms with E-state index < -0.39 is 0 Å². The van der Waals surface area contributed by atoms with Crippen LogP contribution in [0, 0.1) is 0 Å². The predicted molar refractivity (Wildman–Crippen MR) is 56.9 cm³/mol. The minimum Gasteiger partial charge on any atom is -0.256 e. The summed E-state index contributed by atoms with van der Waals surface area (Å²) in [6.07, 6.45) is 12.3. The molecule has 1 heterocycles. The molecule has 0 radical (unpaired) electrons. The van der Waals surface area contributed by atoms with Gasteiger partial charge >= 0.3 is 0 Å². The number of hydrogen-bond donors (Lipinski definition) is 1. The summed E-state index contributed by atoms with van der Waals surface area (Å²) in [6, 6.07) is 0. The molecule has 3 heteroatoms. The van der Waals surface area contributed by atoms with Crippen LogP contribution in [0.2, 0.25) is 0 Å². The van der Waals surface area contributed by atoms with Gasteiger partial charge in [0.05, 0.1) is 0 Å². The summed E-state index contributed by atoms with van der Waals surface area (Å²) in [5, 5.41) is 3.68. The van der Waals surface area contributed by atoms with Crippen LogP contribution in [-0.2, 0) is 9.78 Å². The largest absolute Gasteiger partial charge is 0.256 e. The lowest BCUT2D eigenvalue weighted by atomic mass is 9.87. The van der Waals surface area contributed by atoms with Gasteiger partial charge in [-0.25, -0.2) is 9.78 Å². The fraction of sp³-hybridized carbons (Fsp3) is 1.00. The van der Waals surface area contributed by atoms with Crippen LogP contribution < -0.4 is 5.32 Å². The van der Waals surface area contributed by atoms with Crippen LogP contribution >= 0.6 is 0 Å². The van der Waals surface area contributed by atoms with Gasteiger partial charge in [0.25, 0.3) is 0 Å². The van der Waals surface area contributed by atoms with E-state index >= 15 is 0 Å². The summed E-state index contributed by atoms with van der Waals surface area (Å²) in [4.78, 5) is 11.3. The third kappa shape index (κ3) is 1.81. The maximum atomic E-state index is 5.66. The quantitative estimate of drug-likeness (QED) is 0.625. The average molecular weight is 211 g/mol. The van der Waals surface area contributed by atoms with Gasteiger partial charge in [-0.15, -0.1) is 0 Å². The summed E-state index contributed by atoms with van der Waals surface area (Å²) >= 11 is 0. The van der Waals surface area contributed by atoms with Gasteiger partial charge in [-0.05, 0) is 51.4 Å². The van der Waals surface area contributed by atoms with Gasteiger partial charge in [-0.2, -0.15) is 0 Å². The molecule has 1 saturated heterocycles. The molecule has 0 aromatic rings. The monoisotopic (exact) mass is 211 g/mol. The number of hydrogen-bond acceptors (Lipinski definition) is 3. The van der Waals surface area contributed by atoms with E-state index in [-0.39, 0.29) is 11.4 Å². The van der Waals surface area contributed by atoms with Gasteiger partial charge in [0.1, 0.15) is 0 Å². The second-order valence-electron chi connectivity index (χ2n) is 5.40. The Balaban J connectivity index is 1.70. The van der Waals surface area contributed by atoms with Gasteiger partial charge in [0, 0.05) is 0 Å². The normalized spacial score (nSPS) is 33.6. The van der Waals surface area contributed by atoms with E-state index in [4.69, 9.17) is 9.78 Å². The fourth-order valence-electron chi connectivity index (χ4n) is 3.28. The fourth-order valence-corrected chi connectivity index (χ4v) is 3.28. The maximum Gasteiger partial charge on any atom is 0.156 e. The summed E-state index contributed by atoms with van der Waals surface area (Å²) < 4.78 is 0. The van der Waals surface area contributed by atoms with Crippen LogP contribution in [0.25, 0.3) is 0 Å². The van der Waals surface area contributed by atoms with Crippen molar-refractivity contribution in [1.29, 1.82) is 0 Å². The van der Waals surface area contributed by atoms with Crippen molar-refractivity contribution < 1.29 is 9.78 Å². The summed E-state index contributed by atoms with van der Waals surface area (Å²) in [5.41, 5.74) is -0.259. The minimum absolute atomic E-state index is 0.129. The van der Waals surface area contributed by atoms with Gasteiger partial charge in [0.2, 0.25) is 0 Å². The number of nitrogens with one attached hydrogen (secondary N) is 1. The van der Waals surface area contributed by atoms with E-state index in [1.165, 1.54) is 38.5 Å². The molecule has 0 bridgehead atoms. The summed E-state index contributed by atoms with van der Waals surface area (Å²) in [7, 11) is 0. The van der Waals surface area contributed by atoms with Crippen molar-refractivity contribution in [2.24, 2.45) is 0 Å². The Bertz CT molecular complexity index is 206. The Morgan fingerprint density at radius 3 is 1.40 bits per heavy atom. The van der Waals surface area contributed by atoms with Crippen LogP contribution in [0.4, 0.5) is 0 Å². The Kier molecular flexibility index (Phi) is 2.49. The van der Waals surface area contributed by atoms with Crippen molar-refractivity contribution in [3.05, 3.63) is 0 Å². The second kappa shape index (κ2) is 3.72. The first-order chi connectivity index (χ1) is 7.33. The zero-order valence-corrected chi connectivity index (χ0v) is 9.39. The van der Waals surface area contributed by atoms with Crippen molar-refractivity contribution >= 4 is 0 Å². The molecule has 3 rings (SSSR count). The molecule has 0 unspecified atom stereocenters. The van der Waals surface area contributed by atoms with E-state index in [0.29, 0.717) is 0 Å². The van der Waals surface area contributed by atoms with Crippen molar-refractivity contribution in [3.8, 4) is 0 Å². The van der Waals surface area contributed by atoms with E-state index in [0.717, 1.165) is 25.7 Å². The molecular formula is C12H21NO2. The van der Waals surface area contributed by atoms with Crippen molar-refractivity contribution in [1.82, 2.24) is 5.32 Å². The maximum absolute atomic E-state index is 5.66. The lowest BCUT2D eigenvalue weighted by molar-refractivity contribution is -0.358. The second-order valence-corrected chi connectivity index (χ2v) is 5.40. The van der Waals surface area contributed by atoms with Gasteiger partial charge in [0.15, 0.2) is 11.4 Å². The third-order valence-electron chi connectivity index (χ3n) is 4.14. The smallest absolute Gasteiger partial charge is 0.156 e. The van der Waals surface area contributed by atoms with Crippen molar-refractivity contribution in [2.45, 2.75) is 75.7 Å². The van der Waals surface area contributed by atoms with Crippen molar-refractivity contribution in [3.63, 3.8) is 0 Å². The molecule has 3 fully saturated rings. The lowest BCUT2D eigenvalue weighted by Gasteiger charge is -2.34. The van der Waals surface area contributed by atoms with E-state index in [1.54, 1.807) is 0 Å². The van der Waals surface area contributed by atoms with E-state index in [1.807, 2.05) is 0 Å².